The molecule has 0 fully saturated rings. The maximum absolute atomic E-state index is 4.46. The van der Waals surface area contributed by atoms with E-state index in [4.69, 9.17) is 0 Å². The summed E-state index contributed by atoms with van der Waals surface area (Å²) in [7, 11) is 3.90. The Balaban J connectivity index is 3.14. The minimum atomic E-state index is 0.569. The van der Waals surface area contributed by atoms with E-state index < -0.39 is 0 Å². The molecule has 0 aromatic heterocycles. The Morgan fingerprint density at radius 2 is 2.00 bits per heavy atom. The van der Waals surface area contributed by atoms with Crippen molar-refractivity contribution in [2.45, 2.75) is 38.5 Å². The monoisotopic (exact) mass is 264 g/mol. The largest absolute Gasteiger partial charge is 0.303 e. The van der Waals surface area contributed by atoms with E-state index in [1.807, 2.05) is 30.9 Å². The van der Waals surface area contributed by atoms with Gasteiger partial charge in [-0.25, -0.2) is 0 Å². The Labute approximate surface area is 115 Å². The second-order valence-corrected chi connectivity index (χ2v) is 6.18. The van der Waals surface area contributed by atoms with E-state index in [0.29, 0.717) is 5.92 Å². The van der Waals surface area contributed by atoms with Crippen LogP contribution in [0.2, 0.25) is 0 Å². The van der Waals surface area contributed by atoms with Crippen molar-refractivity contribution in [3.8, 4) is 0 Å². The number of hydrogen-bond acceptors (Lipinski definition) is 3. The van der Waals surface area contributed by atoms with E-state index in [1.54, 1.807) is 0 Å². The van der Waals surface area contributed by atoms with Gasteiger partial charge in [0.25, 0.3) is 0 Å². The van der Waals surface area contributed by atoms with Gasteiger partial charge in [0.1, 0.15) is 0 Å². The predicted molar refractivity (Wildman–Crippen MR) is 82.8 cm³/mol. The standard InChI is InChI=1S/C15H24N2S/c1-7-18-15-10-13(12(4)16-17(5)6)8-9-14(15)11(2)3/h8-11H,7H2,1-6H3/b16-12+. The van der Waals surface area contributed by atoms with Gasteiger partial charge < -0.3 is 5.01 Å². The summed E-state index contributed by atoms with van der Waals surface area (Å²) in [6.07, 6.45) is 0. The fourth-order valence-electron chi connectivity index (χ4n) is 1.87. The Hall–Kier alpha value is -0.960. The summed E-state index contributed by atoms with van der Waals surface area (Å²) in [4.78, 5) is 1.39. The lowest BCUT2D eigenvalue weighted by atomic mass is 10.0. The second kappa shape index (κ2) is 6.83. The SMILES string of the molecule is CCSc1cc(/C(C)=N/N(C)C)ccc1C(C)C. The number of hydrogen-bond donors (Lipinski definition) is 0. The summed E-state index contributed by atoms with van der Waals surface area (Å²) in [5.74, 6) is 1.67. The van der Waals surface area contributed by atoms with Crippen molar-refractivity contribution in [3.05, 3.63) is 29.3 Å². The van der Waals surface area contributed by atoms with Crippen molar-refractivity contribution in [2.24, 2.45) is 5.10 Å². The van der Waals surface area contributed by atoms with Crippen LogP contribution in [0.1, 0.15) is 44.7 Å². The van der Waals surface area contributed by atoms with Crippen LogP contribution in [-0.4, -0.2) is 30.6 Å². The highest BCUT2D eigenvalue weighted by Gasteiger charge is 2.09. The molecule has 2 nitrogen and oxygen atoms in total. The highest BCUT2D eigenvalue weighted by Crippen LogP contribution is 2.29. The third kappa shape index (κ3) is 4.05. The van der Waals surface area contributed by atoms with E-state index in [1.165, 1.54) is 16.0 Å². The molecule has 0 aliphatic rings. The van der Waals surface area contributed by atoms with Gasteiger partial charge in [-0.3, -0.25) is 0 Å². The van der Waals surface area contributed by atoms with Crippen molar-refractivity contribution >= 4 is 17.5 Å². The quantitative estimate of drug-likeness (QED) is 0.450. The molecular weight excluding hydrogens is 240 g/mol. The molecule has 0 amide bonds. The predicted octanol–water partition coefficient (Wildman–Crippen LogP) is 4.21. The van der Waals surface area contributed by atoms with Crippen LogP contribution in [0.25, 0.3) is 0 Å². The van der Waals surface area contributed by atoms with Gasteiger partial charge in [-0.15, -0.1) is 11.8 Å². The van der Waals surface area contributed by atoms with Gasteiger partial charge in [-0.2, -0.15) is 5.10 Å². The van der Waals surface area contributed by atoms with Crippen LogP contribution in [0.3, 0.4) is 0 Å². The number of rotatable bonds is 5. The van der Waals surface area contributed by atoms with Gasteiger partial charge in [0.15, 0.2) is 0 Å². The first-order chi connectivity index (χ1) is 8.45. The second-order valence-electron chi connectivity index (χ2n) is 4.87. The summed E-state index contributed by atoms with van der Waals surface area (Å²) in [5.41, 5.74) is 3.71. The first-order valence-electron chi connectivity index (χ1n) is 6.45. The molecule has 3 heteroatoms. The third-order valence-corrected chi connectivity index (χ3v) is 3.66. The molecule has 1 aromatic carbocycles. The third-order valence-electron chi connectivity index (χ3n) is 2.70. The Morgan fingerprint density at radius 1 is 1.33 bits per heavy atom. The van der Waals surface area contributed by atoms with E-state index in [-0.39, 0.29) is 0 Å². The lowest BCUT2D eigenvalue weighted by molar-refractivity contribution is 0.438. The zero-order valence-electron chi connectivity index (χ0n) is 12.3. The van der Waals surface area contributed by atoms with Crippen LogP contribution in [0.4, 0.5) is 0 Å². The van der Waals surface area contributed by atoms with Crippen LogP contribution >= 0.6 is 11.8 Å². The normalized spacial score (nSPS) is 12.1. The molecule has 0 bridgehead atoms. The summed E-state index contributed by atoms with van der Waals surface area (Å²) in [5, 5.41) is 6.31. The minimum absolute atomic E-state index is 0.569. The molecule has 0 spiro atoms. The first-order valence-corrected chi connectivity index (χ1v) is 7.43. The average Bonchev–Trinajstić information content (AvgIpc) is 2.28. The van der Waals surface area contributed by atoms with Crippen molar-refractivity contribution in [1.82, 2.24) is 5.01 Å². The smallest absolute Gasteiger partial charge is 0.0646 e. The first kappa shape index (κ1) is 15.1. The number of nitrogens with zero attached hydrogens (tertiary/aromatic N) is 2. The van der Waals surface area contributed by atoms with E-state index in [9.17, 15) is 0 Å². The number of hydrazone groups is 1. The molecule has 0 saturated carbocycles. The maximum atomic E-state index is 4.46. The molecule has 0 saturated heterocycles. The van der Waals surface area contributed by atoms with Crippen molar-refractivity contribution < 1.29 is 0 Å². The van der Waals surface area contributed by atoms with Crippen LogP contribution in [-0.2, 0) is 0 Å². The molecular formula is C15H24N2S. The fraction of sp³-hybridized carbons (Fsp3) is 0.533. The maximum Gasteiger partial charge on any atom is 0.0646 e. The molecule has 0 radical (unpaired) electrons. The minimum Gasteiger partial charge on any atom is -0.303 e. The van der Waals surface area contributed by atoms with Crippen molar-refractivity contribution in [1.29, 1.82) is 0 Å². The van der Waals surface area contributed by atoms with E-state index in [2.05, 4.69) is 51.0 Å². The lowest BCUT2D eigenvalue weighted by Gasteiger charge is -2.14. The van der Waals surface area contributed by atoms with E-state index >= 15 is 0 Å². The van der Waals surface area contributed by atoms with Crippen LogP contribution in [0, 0.1) is 0 Å². The van der Waals surface area contributed by atoms with Gasteiger partial charge in [0.05, 0.1) is 5.71 Å². The summed E-state index contributed by atoms with van der Waals surface area (Å²) < 4.78 is 0. The van der Waals surface area contributed by atoms with Gasteiger partial charge in [0.2, 0.25) is 0 Å². The highest BCUT2D eigenvalue weighted by atomic mass is 32.2. The van der Waals surface area contributed by atoms with Crippen LogP contribution < -0.4 is 0 Å². The van der Waals surface area contributed by atoms with Gasteiger partial charge in [-0.05, 0) is 35.8 Å². The summed E-state index contributed by atoms with van der Waals surface area (Å²) >= 11 is 1.91. The summed E-state index contributed by atoms with van der Waals surface area (Å²) in [6, 6.07) is 6.69. The fourth-order valence-corrected chi connectivity index (χ4v) is 2.87. The Bertz CT molecular complexity index is 423. The molecule has 18 heavy (non-hydrogen) atoms. The lowest BCUT2D eigenvalue weighted by Crippen LogP contribution is -2.07. The molecule has 0 heterocycles. The zero-order chi connectivity index (χ0) is 13.7. The van der Waals surface area contributed by atoms with Gasteiger partial charge in [0, 0.05) is 19.0 Å². The van der Waals surface area contributed by atoms with Crippen molar-refractivity contribution in [2.75, 3.05) is 19.8 Å². The molecule has 1 aromatic rings. The highest BCUT2D eigenvalue weighted by molar-refractivity contribution is 7.99. The number of thioether (sulfide) groups is 1. The molecule has 0 aliphatic carbocycles. The average molecular weight is 264 g/mol. The van der Waals surface area contributed by atoms with Gasteiger partial charge in [-0.1, -0.05) is 32.9 Å². The molecule has 0 unspecified atom stereocenters. The van der Waals surface area contributed by atoms with Crippen molar-refractivity contribution in [3.63, 3.8) is 0 Å². The van der Waals surface area contributed by atoms with E-state index in [0.717, 1.165) is 11.5 Å². The summed E-state index contributed by atoms with van der Waals surface area (Å²) in [6.45, 7) is 8.75. The van der Waals surface area contributed by atoms with Crippen LogP contribution in [0.5, 0.6) is 0 Å². The Morgan fingerprint density at radius 3 is 2.50 bits per heavy atom. The molecule has 0 aliphatic heterocycles. The topological polar surface area (TPSA) is 15.6 Å². The molecule has 0 N–H and O–H groups in total. The molecule has 1 rings (SSSR count). The molecule has 0 atom stereocenters. The Kier molecular flexibility index (Phi) is 5.73. The zero-order valence-corrected chi connectivity index (χ0v) is 13.1. The number of benzene rings is 1. The molecule has 100 valence electrons. The van der Waals surface area contributed by atoms with Crippen LogP contribution in [0.15, 0.2) is 28.2 Å². The van der Waals surface area contributed by atoms with Gasteiger partial charge >= 0.3 is 0 Å².